The van der Waals surface area contributed by atoms with Crippen LogP contribution in [-0.4, -0.2) is 77.8 Å². The quantitative estimate of drug-likeness (QED) is 0.483. The number of hydroxylamine groups is 3. The summed E-state index contributed by atoms with van der Waals surface area (Å²) in [6.45, 7) is 1.28. The molecule has 0 aromatic carbocycles. The number of hydrogen-bond acceptors (Lipinski definition) is 8. The summed E-state index contributed by atoms with van der Waals surface area (Å²) in [6.07, 6.45) is 5.42. The topological polar surface area (TPSA) is 148 Å². The molecule has 0 aliphatic carbocycles. The number of piperidine rings is 1. The van der Waals surface area contributed by atoms with Crippen LogP contribution in [0, 0.1) is 0 Å². The van der Waals surface area contributed by atoms with Gasteiger partial charge < -0.3 is 9.64 Å². The Bertz CT molecular complexity index is 792. The average Bonchev–Trinajstić information content (AvgIpc) is 2.98. The van der Waals surface area contributed by atoms with Gasteiger partial charge in [-0.1, -0.05) is 6.07 Å². The molecule has 0 spiro atoms. The zero-order valence-electron chi connectivity index (χ0n) is 16.1. The number of fused-ring (bicyclic) bond motifs is 2. The van der Waals surface area contributed by atoms with E-state index in [-0.39, 0.29) is 12.6 Å². The molecular formula is C17H24N4O8S. The first-order chi connectivity index (χ1) is 14.3. The number of carbonyl (C=O) groups is 2. The lowest BCUT2D eigenvalue weighted by Crippen LogP contribution is -2.50. The molecular weight excluding hydrogens is 420 g/mol. The molecule has 3 aliphatic rings. The second-order valence-electron chi connectivity index (χ2n) is 6.93. The Morgan fingerprint density at radius 3 is 2.43 bits per heavy atom. The number of ether oxygens (including phenoxy) is 1. The van der Waals surface area contributed by atoms with Gasteiger partial charge in [-0.25, -0.2) is 10.3 Å². The fraction of sp³-hybridized carbons (Fsp3) is 0.588. The average molecular weight is 444 g/mol. The second kappa shape index (κ2) is 10.1. The van der Waals surface area contributed by atoms with Crippen LogP contribution < -0.4 is 5.48 Å². The minimum atomic E-state index is -4.80. The molecule has 0 saturated carbocycles. The van der Waals surface area contributed by atoms with Crippen molar-refractivity contribution in [3.63, 3.8) is 0 Å². The van der Waals surface area contributed by atoms with Gasteiger partial charge in [0.25, 0.3) is 5.91 Å². The van der Waals surface area contributed by atoms with E-state index in [0.29, 0.717) is 44.0 Å². The smallest absolute Gasteiger partial charge is 0.381 e. The third kappa shape index (κ3) is 6.09. The van der Waals surface area contributed by atoms with Gasteiger partial charge >= 0.3 is 16.4 Å². The fourth-order valence-electron chi connectivity index (χ4n) is 3.42. The number of amides is 3. The molecule has 3 aliphatic heterocycles. The van der Waals surface area contributed by atoms with Crippen LogP contribution in [-0.2, 0) is 29.1 Å². The minimum absolute atomic E-state index is 0.132. The van der Waals surface area contributed by atoms with Crippen LogP contribution in [0.1, 0.15) is 25.7 Å². The Morgan fingerprint density at radius 1 is 1.17 bits per heavy atom. The number of hydrogen-bond donors (Lipinski definition) is 2. The van der Waals surface area contributed by atoms with E-state index in [4.69, 9.17) is 14.1 Å². The van der Waals surface area contributed by atoms with Gasteiger partial charge in [-0.3, -0.25) is 19.2 Å². The molecule has 1 aromatic heterocycles. The Labute approximate surface area is 173 Å². The summed E-state index contributed by atoms with van der Waals surface area (Å²) >= 11 is 0. The van der Waals surface area contributed by atoms with Crippen molar-refractivity contribution < 1.29 is 36.4 Å². The molecule has 1 aromatic rings. The van der Waals surface area contributed by atoms with Crippen molar-refractivity contribution in [2.24, 2.45) is 0 Å². The molecule has 13 heteroatoms. The molecule has 4 rings (SSSR count). The van der Waals surface area contributed by atoms with Gasteiger partial charge in [0.2, 0.25) is 0 Å². The number of pyridine rings is 1. The predicted octanol–water partition coefficient (Wildman–Crippen LogP) is 0.298. The van der Waals surface area contributed by atoms with Crippen LogP contribution >= 0.6 is 0 Å². The first-order valence-electron chi connectivity index (χ1n) is 9.50. The molecule has 166 valence electrons. The molecule has 2 atom stereocenters. The lowest BCUT2D eigenvalue weighted by molar-refractivity contribution is -0.148. The standard InChI is InChI=1S/C12H19N3O8S.C5H5N/c16-11(13-22-9-3-5-21-6-4-9)10-2-1-8-7-14(10)12(17)15(8)23-24(18,19)20;1-2-4-6-5-3-1/h8-10H,1-7H2,(H,13,16)(H,18,19,20);1-5H/t8-,10+;/m1./s1. The van der Waals surface area contributed by atoms with Crippen LogP contribution in [0.2, 0.25) is 0 Å². The highest BCUT2D eigenvalue weighted by Gasteiger charge is 2.49. The maximum absolute atomic E-state index is 12.3. The summed E-state index contributed by atoms with van der Waals surface area (Å²) in [5.74, 6) is -0.470. The van der Waals surface area contributed by atoms with Crippen LogP contribution in [0.15, 0.2) is 30.6 Å². The normalized spacial score (nSPS) is 24.2. The highest BCUT2D eigenvalue weighted by atomic mass is 32.3. The number of aromatic nitrogens is 1. The van der Waals surface area contributed by atoms with Gasteiger partial charge in [0.15, 0.2) is 0 Å². The van der Waals surface area contributed by atoms with Crippen molar-refractivity contribution in [3.8, 4) is 0 Å². The third-order valence-corrected chi connectivity index (χ3v) is 5.21. The highest BCUT2D eigenvalue weighted by Crippen LogP contribution is 2.30. The summed E-state index contributed by atoms with van der Waals surface area (Å²) in [6, 6.07) is 3.64. The number of urea groups is 1. The van der Waals surface area contributed by atoms with E-state index in [0.717, 1.165) is 0 Å². The molecule has 0 radical (unpaired) electrons. The minimum Gasteiger partial charge on any atom is -0.381 e. The lowest BCUT2D eigenvalue weighted by Gasteiger charge is -2.30. The Balaban J connectivity index is 0.000000367. The van der Waals surface area contributed by atoms with Crippen LogP contribution in [0.25, 0.3) is 0 Å². The van der Waals surface area contributed by atoms with Crippen LogP contribution in [0.5, 0.6) is 0 Å². The lowest BCUT2D eigenvalue weighted by atomic mass is 10.0. The van der Waals surface area contributed by atoms with Crippen molar-refractivity contribution in [1.29, 1.82) is 0 Å². The predicted molar refractivity (Wildman–Crippen MR) is 101 cm³/mol. The van der Waals surface area contributed by atoms with Crippen molar-refractivity contribution in [3.05, 3.63) is 30.6 Å². The van der Waals surface area contributed by atoms with E-state index in [9.17, 15) is 18.0 Å². The van der Waals surface area contributed by atoms with Crippen molar-refractivity contribution in [1.82, 2.24) is 20.4 Å². The summed E-state index contributed by atoms with van der Waals surface area (Å²) < 4.78 is 39.9. The van der Waals surface area contributed by atoms with E-state index in [1.54, 1.807) is 12.4 Å². The van der Waals surface area contributed by atoms with Gasteiger partial charge in [-0.05, 0) is 37.8 Å². The third-order valence-electron chi connectivity index (χ3n) is 4.86. The molecule has 2 N–H and O–H groups in total. The van der Waals surface area contributed by atoms with Gasteiger partial charge in [0.05, 0.1) is 12.1 Å². The molecule has 4 heterocycles. The second-order valence-corrected chi connectivity index (χ2v) is 7.93. The Morgan fingerprint density at radius 2 is 1.87 bits per heavy atom. The first kappa shape index (κ1) is 22.4. The van der Waals surface area contributed by atoms with Crippen molar-refractivity contribution >= 4 is 22.3 Å². The molecule has 12 nitrogen and oxygen atoms in total. The number of carbonyl (C=O) groups excluding carboxylic acids is 2. The van der Waals surface area contributed by atoms with Crippen LogP contribution in [0.3, 0.4) is 0 Å². The molecule has 3 fully saturated rings. The largest absolute Gasteiger partial charge is 0.418 e. The van der Waals surface area contributed by atoms with E-state index in [1.807, 2.05) is 18.2 Å². The zero-order valence-corrected chi connectivity index (χ0v) is 16.9. The van der Waals surface area contributed by atoms with Gasteiger partial charge in [0, 0.05) is 32.2 Å². The Kier molecular flexibility index (Phi) is 7.55. The van der Waals surface area contributed by atoms with E-state index in [1.165, 1.54) is 4.90 Å². The maximum atomic E-state index is 12.3. The van der Waals surface area contributed by atoms with Crippen molar-refractivity contribution in [2.75, 3.05) is 19.8 Å². The summed E-state index contributed by atoms with van der Waals surface area (Å²) in [7, 11) is -4.80. The zero-order chi connectivity index (χ0) is 21.6. The summed E-state index contributed by atoms with van der Waals surface area (Å²) in [5, 5.41) is 0.599. The first-order valence-corrected chi connectivity index (χ1v) is 10.9. The summed E-state index contributed by atoms with van der Waals surface area (Å²) in [4.78, 5) is 34.8. The molecule has 2 bridgehead atoms. The van der Waals surface area contributed by atoms with E-state index < -0.39 is 34.4 Å². The van der Waals surface area contributed by atoms with Crippen molar-refractivity contribution in [2.45, 2.75) is 43.9 Å². The number of nitrogens with one attached hydrogen (secondary N) is 1. The number of nitrogens with zero attached hydrogens (tertiary/aromatic N) is 3. The van der Waals surface area contributed by atoms with E-state index in [2.05, 4.69) is 14.7 Å². The summed E-state index contributed by atoms with van der Waals surface area (Å²) in [5.41, 5.74) is 2.37. The van der Waals surface area contributed by atoms with Gasteiger partial charge in [-0.15, -0.1) is 4.28 Å². The van der Waals surface area contributed by atoms with E-state index >= 15 is 0 Å². The SMILES string of the molecule is O=C(NOC1CCOCC1)[C@@H]1CC[C@@H]2CN1C(=O)N2OS(=O)(=O)O.c1ccncc1. The maximum Gasteiger partial charge on any atom is 0.418 e. The highest BCUT2D eigenvalue weighted by molar-refractivity contribution is 7.80. The molecule has 30 heavy (non-hydrogen) atoms. The molecule has 3 saturated heterocycles. The monoisotopic (exact) mass is 444 g/mol. The number of rotatable bonds is 5. The van der Waals surface area contributed by atoms with Crippen LogP contribution in [0.4, 0.5) is 4.79 Å². The van der Waals surface area contributed by atoms with Gasteiger partial charge in [0.1, 0.15) is 6.04 Å². The molecule has 0 unspecified atom stereocenters. The fourth-order valence-corrected chi connectivity index (χ4v) is 3.81. The Hall–Kier alpha value is -2.32. The van der Waals surface area contributed by atoms with Gasteiger partial charge in [-0.2, -0.15) is 13.5 Å². The molecule has 3 amide bonds.